The molecule has 0 aliphatic heterocycles. The maximum absolute atomic E-state index is 14.8. The number of pyridine rings is 2. The van der Waals surface area contributed by atoms with Gasteiger partial charge in [0.2, 0.25) is 0 Å². The van der Waals surface area contributed by atoms with E-state index >= 15 is 0 Å². The van der Waals surface area contributed by atoms with Crippen molar-refractivity contribution in [1.82, 2.24) is 19.5 Å². The van der Waals surface area contributed by atoms with Crippen molar-refractivity contribution in [1.29, 1.82) is 0 Å². The van der Waals surface area contributed by atoms with E-state index in [1.54, 1.807) is 42.9 Å². The van der Waals surface area contributed by atoms with E-state index in [-0.39, 0.29) is 5.82 Å². The molecule has 1 amide bonds. The molecule has 0 spiro atoms. The molecular weight excluding hydrogens is 381 g/mol. The fourth-order valence-electron chi connectivity index (χ4n) is 3.83. The molecule has 2 N–H and O–H groups in total. The van der Waals surface area contributed by atoms with Gasteiger partial charge in [-0.2, -0.15) is 0 Å². The van der Waals surface area contributed by atoms with Gasteiger partial charge in [-0.05, 0) is 60.5 Å². The van der Waals surface area contributed by atoms with Crippen molar-refractivity contribution >= 4 is 27.8 Å². The summed E-state index contributed by atoms with van der Waals surface area (Å²) >= 11 is 0. The first-order valence-corrected chi connectivity index (χ1v) is 9.31. The van der Waals surface area contributed by atoms with E-state index in [1.165, 1.54) is 6.07 Å². The third-order valence-electron chi connectivity index (χ3n) is 5.14. The zero-order valence-corrected chi connectivity index (χ0v) is 16.0. The van der Waals surface area contributed by atoms with Crippen molar-refractivity contribution in [3.8, 4) is 16.8 Å². The molecule has 7 heteroatoms. The molecule has 0 aliphatic rings. The minimum absolute atomic E-state index is 0.306. The molecule has 0 aliphatic carbocycles. The molecule has 0 atom stereocenters. The predicted octanol–water partition coefficient (Wildman–Crippen LogP) is 4.18. The lowest BCUT2D eigenvalue weighted by molar-refractivity contribution is 0.100. The van der Waals surface area contributed by atoms with Crippen molar-refractivity contribution < 1.29 is 9.18 Å². The number of carbonyl (C=O) groups excluding carboxylic acids is 1. The first-order chi connectivity index (χ1) is 14.5. The first kappa shape index (κ1) is 17.9. The Kier molecular flexibility index (Phi) is 4.03. The van der Waals surface area contributed by atoms with Crippen molar-refractivity contribution in [3.05, 3.63) is 84.3 Å². The Morgan fingerprint density at radius 2 is 1.83 bits per heavy atom. The summed E-state index contributed by atoms with van der Waals surface area (Å²) in [5, 5.41) is 0.386. The summed E-state index contributed by atoms with van der Waals surface area (Å²) in [6, 6.07) is 13.9. The van der Waals surface area contributed by atoms with Gasteiger partial charge in [0.1, 0.15) is 17.2 Å². The van der Waals surface area contributed by atoms with Crippen LogP contribution in [0.3, 0.4) is 0 Å². The zero-order chi connectivity index (χ0) is 20.8. The van der Waals surface area contributed by atoms with Crippen LogP contribution in [0, 0.1) is 12.7 Å². The molecule has 3 heterocycles. The number of hydrogen-bond acceptors (Lipinski definition) is 4. The zero-order valence-electron chi connectivity index (χ0n) is 16.0. The number of nitrogens with zero attached hydrogens (tertiary/aromatic N) is 4. The van der Waals surface area contributed by atoms with Crippen molar-refractivity contribution in [2.45, 2.75) is 6.92 Å². The fraction of sp³-hybridized carbons (Fsp3) is 0.0435. The third kappa shape index (κ3) is 2.71. The Morgan fingerprint density at radius 3 is 2.60 bits per heavy atom. The summed E-state index contributed by atoms with van der Waals surface area (Å²) in [4.78, 5) is 25.1. The average Bonchev–Trinajstić information content (AvgIpc) is 3.09. The summed E-state index contributed by atoms with van der Waals surface area (Å²) in [7, 11) is 0. The molecular formula is C23H16FN5O. The molecule has 0 saturated carbocycles. The molecule has 0 unspecified atom stereocenters. The lowest BCUT2D eigenvalue weighted by atomic mass is 10.0. The smallest absolute Gasteiger partial charge is 0.250 e. The first-order valence-electron chi connectivity index (χ1n) is 9.31. The molecule has 0 radical (unpaired) electrons. The van der Waals surface area contributed by atoms with Crippen LogP contribution in [-0.4, -0.2) is 25.4 Å². The van der Waals surface area contributed by atoms with Gasteiger partial charge in [-0.15, -0.1) is 0 Å². The molecule has 2 aromatic carbocycles. The van der Waals surface area contributed by atoms with Crippen LogP contribution in [0.1, 0.15) is 16.2 Å². The number of hydrogen-bond donors (Lipinski definition) is 1. The van der Waals surface area contributed by atoms with E-state index in [1.807, 2.05) is 29.7 Å². The van der Waals surface area contributed by atoms with Crippen LogP contribution >= 0.6 is 0 Å². The standard InChI is InChI=1S/C23H16FN5O/c1-13-28-22-16(23(25)30)11-15(14-5-8-26-9-6-14)12-20(22)29(13)19-7-10-27-18-4-2-3-17(24)21(18)19/h2-12H,1H3,(H2,25,30). The molecule has 6 nitrogen and oxygen atoms in total. The topological polar surface area (TPSA) is 86.7 Å². The van der Waals surface area contributed by atoms with Gasteiger partial charge in [0.05, 0.1) is 27.7 Å². The van der Waals surface area contributed by atoms with Crippen LogP contribution < -0.4 is 5.73 Å². The molecule has 5 aromatic rings. The second-order valence-corrected chi connectivity index (χ2v) is 6.95. The monoisotopic (exact) mass is 397 g/mol. The number of rotatable bonds is 3. The Morgan fingerprint density at radius 1 is 1.03 bits per heavy atom. The van der Waals surface area contributed by atoms with Gasteiger partial charge < -0.3 is 5.73 Å². The Balaban J connectivity index is 1.90. The van der Waals surface area contributed by atoms with Gasteiger partial charge in [0, 0.05) is 18.6 Å². The minimum atomic E-state index is -0.577. The van der Waals surface area contributed by atoms with Gasteiger partial charge in [0.15, 0.2) is 0 Å². The van der Waals surface area contributed by atoms with Crippen LogP contribution in [0.4, 0.5) is 4.39 Å². The number of primary amides is 1. The molecule has 30 heavy (non-hydrogen) atoms. The van der Waals surface area contributed by atoms with Gasteiger partial charge >= 0.3 is 0 Å². The van der Waals surface area contributed by atoms with Gasteiger partial charge in [0.25, 0.3) is 5.91 Å². The summed E-state index contributed by atoms with van der Waals surface area (Å²) in [5.74, 6) is -0.348. The second kappa shape index (κ2) is 6.73. The maximum Gasteiger partial charge on any atom is 0.250 e. The number of amides is 1. The highest BCUT2D eigenvalue weighted by Crippen LogP contribution is 2.32. The van der Waals surface area contributed by atoms with E-state index in [0.717, 1.165) is 11.1 Å². The van der Waals surface area contributed by atoms with E-state index in [4.69, 9.17) is 5.73 Å². The molecule has 146 valence electrons. The lowest BCUT2D eigenvalue weighted by Gasteiger charge is -2.12. The molecule has 3 aromatic heterocycles. The molecule has 0 bridgehead atoms. The highest BCUT2D eigenvalue weighted by molar-refractivity contribution is 6.07. The number of aryl methyl sites for hydroxylation is 1. The molecule has 0 fully saturated rings. The van der Waals surface area contributed by atoms with Crippen LogP contribution in [0.5, 0.6) is 0 Å². The van der Waals surface area contributed by atoms with Crippen LogP contribution in [-0.2, 0) is 0 Å². The highest BCUT2D eigenvalue weighted by Gasteiger charge is 2.20. The number of benzene rings is 2. The third-order valence-corrected chi connectivity index (χ3v) is 5.14. The Labute approximate surface area is 170 Å². The van der Waals surface area contributed by atoms with E-state index in [0.29, 0.717) is 39.0 Å². The number of halogens is 1. The Hall–Kier alpha value is -4.13. The van der Waals surface area contributed by atoms with Gasteiger partial charge in [-0.3, -0.25) is 19.3 Å². The maximum atomic E-state index is 14.8. The summed E-state index contributed by atoms with van der Waals surface area (Å²) in [6.07, 6.45) is 4.99. The fourth-order valence-corrected chi connectivity index (χ4v) is 3.83. The number of fused-ring (bicyclic) bond motifs is 2. The van der Waals surface area contributed by atoms with E-state index in [2.05, 4.69) is 15.0 Å². The highest BCUT2D eigenvalue weighted by atomic mass is 19.1. The summed E-state index contributed by atoms with van der Waals surface area (Å²) in [5.41, 5.74) is 9.91. The van der Waals surface area contributed by atoms with Crippen molar-refractivity contribution in [2.24, 2.45) is 5.73 Å². The van der Waals surface area contributed by atoms with E-state index in [9.17, 15) is 9.18 Å². The minimum Gasteiger partial charge on any atom is -0.366 e. The van der Waals surface area contributed by atoms with E-state index < -0.39 is 5.91 Å². The van der Waals surface area contributed by atoms with Crippen molar-refractivity contribution in [2.75, 3.05) is 0 Å². The van der Waals surface area contributed by atoms with Crippen LogP contribution in [0.15, 0.2) is 67.1 Å². The average molecular weight is 397 g/mol. The quantitative estimate of drug-likeness (QED) is 0.495. The Bertz CT molecular complexity index is 1440. The number of nitrogens with two attached hydrogens (primary N) is 1. The number of imidazole rings is 1. The van der Waals surface area contributed by atoms with Crippen molar-refractivity contribution in [3.63, 3.8) is 0 Å². The van der Waals surface area contributed by atoms with Gasteiger partial charge in [-0.25, -0.2) is 9.37 Å². The number of carbonyl (C=O) groups is 1. The largest absolute Gasteiger partial charge is 0.366 e. The predicted molar refractivity (Wildman–Crippen MR) is 113 cm³/mol. The summed E-state index contributed by atoms with van der Waals surface area (Å²) in [6.45, 7) is 1.81. The number of aromatic nitrogens is 4. The normalized spacial score (nSPS) is 11.3. The second-order valence-electron chi connectivity index (χ2n) is 6.95. The molecule has 0 saturated heterocycles. The van der Waals surface area contributed by atoms with Gasteiger partial charge in [-0.1, -0.05) is 6.07 Å². The molecule has 5 rings (SSSR count). The van der Waals surface area contributed by atoms with Crippen LogP contribution in [0.2, 0.25) is 0 Å². The lowest BCUT2D eigenvalue weighted by Crippen LogP contribution is -2.12. The summed E-state index contributed by atoms with van der Waals surface area (Å²) < 4.78 is 16.6. The SMILES string of the molecule is Cc1nc2c(C(N)=O)cc(-c3ccncc3)cc2n1-c1ccnc2cccc(F)c12. The van der Waals surface area contributed by atoms with Crippen LogP contribution in [0.25, 0.3) is 38.8 Å².